The van der Waals surface area contributed by atoms with Crippen molar-refractivity contribution >= 4 is 55.4 Å². The first-order chi connectivity index (χ1) is 25.8. The maximum atomic E-state index is 4.97. The van der Waals surface area contributed by atoms with Crippen molar-refractivity contribution < 1.29 is 0 Å². The molecule has 0 N–H and O–H groups in total. The van der Waals surface area contributed by atoms with Crippen LogP contribution in [0.3, 0.4) is 0 Å². The second-order valence-corrected chi connectivity index (χ2v) is 14.8. The molecular formula is C47H28N4S. The van der Waals surface area contributed by atoms with E-state index in [4.69, 9.17) is 9.97 Å². The Bertz CT molecular complexity index is 2810. The van der Waals surface area contributed by atoms with E-state index >= 15 is 0 Å². The Hall–Kier alpha value is -6.43. The number of rotatable bonds is 2. The van der Waals surface area contributed by atoms with Gasteiger partial charge in [0.25, 0.3) is 0 Å². The van der Waals surface area contributed by atoms with Crippen molar-refractivity contribution in [3.8, 4) is 22.8 Å². The number of para-hydroxylation sites is 4. The molecule has 5 heteroatoms. The van der Waals surface area contributed by atoms with Crippen LogP contribution in [-0.2, 0) is 5.41 Å². The summed E-state index contributed by atoms with van der Waals surface area (Å²) in [7, 11) is 0. The van der Waals surface area contributed by atoms with Crippen LogP contribution in [0, 0.1) is 0 Å². The van der Waals surface area contributed by atoms with E-state index in [1.165, 1.54) is 75.7 Å². The van der Waals surface area contributed by atoms with Gasteiger partial charge in [0, 0.05) is 55.1 Å². The van der Waals surface area contributed by atoms with Crippen LogP contribution in [0.5, 0.6) is 0 Å². The Morgan fingerprint density at radius 3 is 1.17 bits per heavy atom. The molecule has 242 valence electrons. The van der Waals surface area contributed by atoms with Crippen molar-refractivity contribution in [2.75, 3.05) is 0 Å². The van der Waals surface area contributed by atoms with E-state index in [1.54, 1.807) is 0 Å². The predicted octanol–water partition coefficient (Wildman–Crippen LogP) is 11.5. The van der Waals surface area contributed by atoms with Crippen LogP contribution in [0.4, 0.5) is 0 Å². The van der Waals surface area contributed by atoms with Crippen molar-refractivity contribution in [1.82, 2.24) is 19.1 Å². The highest BCUT2D eigenvalue weighted by Crippen LogP contribution is 2.61. The minimum absolute atomic E-state index is 0.568. The highest BCUT2D eigenvalue weighted by molar-refractivity contribution is 7.99. The van der Waals surface area contributed by atoms with Crippen molar-refractivity contribution in [2.24, 2.45) is 0 Å². The molecule has 0 atom stereocenters. The van der Waals surface area contributed by atoms with Crippen molar-refractivity contribution in [3.63, 3.8) is 0 Å². The van der Waals surface area contributed by atoms with Crippen LogP contribution in [0.25, 0.3) is 66.4 Å². The van der Waals surface area contributed by atoms with Crippen LogP contribution < -0.4 is 0 Å². The molecule has 2 aliphatic rings. The predicted molar refractivity (Wildman–Crippen MR) is 212 cm³/mol. The zero-order valence-corrected chi connectivity index (χ0v) is 28.7. The first kappa shape index (κ1) is 28.3. The molecule has 5 heterocycles. The standard InChI is InChI=1S/C47H28N4S/c1-5-17-39-31(11-1)32-12-2-6-18-40(32)50(39)29-21-23-35-43(27-29)52-44-28-30(51-41-19-7-3-13-33(41)34-14-4-8-20-42(34)51)22-24-36(44)47(35)37-15-9-25-48-45(37)46-38(47)16-10-26-49-46/h1-28H. The van der Waals surface area contributed by atoms with Gasteiger partial charge in [0.2, 0.25) is 0 Å². The Morgan fingerprint density at radius 1 is 0.385 bits per heavy atom. The van der Waals surface area contributed by atoms with Gasteiger partial charge in [0.05, 0.1) is 38.9 Å². The van der Waals surface area contributed by atoms with E-state index in [9.17, 15) is 0 Å². The summed E-state index contributed by atoms with van der Waals surface area (Å²) < 4.78 is 4.84. The fourth-order valence-electron chi connectivity index (χ4n) is 9.27. The summed E-state index contributed by atoms with van der Waals surface area (Å²) in [5.74, 6) is 0. The van der Waals surface area contributed by atoms with Crippen molar-refractivity contribution in [2.45, 2.75) is 15.2 Å². The summed E-state index contributed by atoms with van der Waals surface area (Å²) in [5.41, 5.74) is 13.4. The summed E-state index contributed by atoms with van der Waals surface area (Å²) in [4.78, 5) is 12.4. The normalized spacial score (nSPS) is 13.8. The van der Waals surface area contributed by atoms with Gasteiger partial charge in [0.15, 0.2) is 0 Å². The van der Waals surface area contributed by atoms with Crippen LogP contribution in [-0.4, -0.2) is 19.1 Å². The van der Waals surface area contributed by atoms with E-state index in [2.05, 4.69) is 167 Å². The average molecular weight is 681 g/mol. The van der Waals surface area contributed by atoms with Gasteiger partial charge in [-0.3, -0.25) is 9.97 Å². The number of aromatic nitrogens is 4. The summed E-state index contributed by atoms with van der Waals surface area (Å²) in [5, 5.41) is 5.04. The van der Waals surface area contributed by atoms with Crippen LogP contribution in [0.15, 0.2) is 180 Å². The second-order valence-electron chi connectivity index (χ2n) is 13.8. The summed E-state index contributed by atoms with van der Waals surface area (Å²) in [6.45, 7) is 0. The SMILES string of the molecule is c1cnc2c(c1)C1(c3ccc(-n4c5ccccc5c5ccccc54)cc3Sc3cc(-n4c5ccccc5c5ccccc54)ccc31)c1cccnc1-2. The van der Waals surface area contributed by atoms with Crippen LogP contribution in [0.1, 0.15) is 22.3 Å². The average Bonchev–Trinajstić information content (AvgIpc) is 3.83. The fourth-order valence-corrected chi connectivity index (χ4v) is 10.5. The number of nitrogens with zero attached hydrogens (tertiary/aromatic N) is 4. The molecule has 1 spiro atoms. The van der Waals surface area contributed by atoms with Crippen LogP contribution in [0.2, 0.25) is 0 Å². The molecule has 10 aromatic rings. The van der Waals surface area contributed by atoms with Gasteiger partial charge in [-0.05, 0) is 82.9 Å². The maximum Gasteiger partial charge on any atom is 0.0937 e. The Labute approximate surface area is 303 Å². The lowest BCUT2D eigenvalue weighted by atomic mass is 9.67. The first-order valence-corrected chi connectivity index (χ1v) is 18.5. The number of fused-ring (bicyclic) bond motifs is 15. The molecule has 0 fully saturated rings. The maximum absolute atomic E-state index is 4.97. The first-order valence-electron chi connectivity index (χ1n) is 17.7. The summed E-state index contributed by atoms with van der Waals surface area (Å²) in [6.07, 6.45) is 3.79. The van der Waals surface area contributed by atoms with Gasteiger partial charge in [-0.25, -0.2) is 0 Å². The van der Waals surface area contributed by atoms with Gasteiger partial charge in [0.1, 0.15) is 0 Å². The molecule has 1 aliphatic carbocycles. The molecule has 52 heavy (non-hydrogen) atoms. The topological polar surface area (TPSA) is 35.6 Å². The Morgan fingerprint density at radius 2 is 0.769 bits per heavy atom. The molecular weight excluding hydrogens is 653 g/mol. The monoisotopic (exact) mass is 680 g/mol. The smallest absolute Gasteiger partial charge is 0.0937 e. The molecule has 4 aromatic heterocycles. The van der Waals surface area contributed by atoms with Gasteiger partial charge >= 0.3 is 0 Å². The molecule has 0 radical (unpaired) electrons. The Kier molecular flexibility index (Phi) is 5.61. The molecule has 6 aromatic carbocycles. The molecule has 12 rings (SSSR count). The Balaban J connectivity index is 1.16. The van der Waals surface area contributed by atoms with Crippen LogP contribution >= 0.6 is 11.8 Å². The zero-order valence-electron chi connectivity index (χ0n) is 27.9. The molecule has 0 unspecified atom stereocenters. The van der Waals surface area contributed by atoms with E-state index in [0.29, 0.717) is 0 Å². The second kappa shape index (κ2) is 10.3. The molecule has 4 nitrogen and oxygen atoms in total. The number of benzene rings is 6. The minimum Gasteiger partial charge on any atom is -0.309 e. The van der Waals surface area contributed by atoms with E-state index < -0.39 is 5.41 Å². The largest absolute Gasteiger partial charge is 0.309 e. The number of hydrogen-bond donors (Lipinski definition) is 0. The lowest BCUT2D eigenvalue weighted by molar-refractivity contribution is 0.718. The molecule has 0 amide bonds. The fraction of sp³-hybridized carbons (Fsp3) is 0.0213. The molecule has 1 aliphatic heterocycles. The molecule has 0 saturated heterocycles. The van der Waals surface area contributed by atoms with Gasteiger partial charge in [-0.1, -0.05) is 109 Å². The lowest BCUT2D eigenvalue weighted by Gasteiger charge is -2.39. The number of hydrogen-bond acceptors (Lipinski definition) is 3. The quantitative estimate of drug-likeness (QED) is 0.182. The third-order valence-electron chi connectivity index (χ3n) is 11.3. The van der Waals surface area contributed by atoms with E-state index in [1.807, 2.05) is 24.2 Å². The highest BCUT2D eigenvalue weighted by Gasteiger charge is 2.51. The van der Waals surface area contributed by atoms with E-state index in [0.717, 1.165) is 22.8 Å². The van der Waals surface area contributed by atoms with Gasteiger partial charge < -0.3 is 9.13 Å². The zero-order chi connectivity index (χ0) is 34.0. The van der Waals surface area contributed by atoms with Gasteiger partial charge in [-0.15, -0.1) is 0 Å². The molecule has 0 bridgehead atoms. The number of pyridine rings is 2. The minimum atomic E-state index is -0.568. The van der Waals surface area contributed by atoms with E-state index in [-0.39, 0.29) is 0 Å². The summed E-state index contributed by atoms with van der Waals surface area (Å²) >= 11 is 1.87. The third kappa shape index (κ3) is 3.53. The molecule has 0 saturated carbocycles. The highest BCUT2D eigenvalue weighted by atomic mass is 32.2. The third-order valence-corrected chi connectivity index (χ3v) is 12.4. The lowest BCUT2D eigenvalue weighted by Crippen LogP contribution is -2.32. The van der Waals surface area contributed by atoms with Crippen molar-refractivity contribution in [3.05, 3.63) is 192 Å². The van der Waals surface area contributed by atoms with Crippen molar-refractivity contribution in [1.29, 1.82) is 0 Å². The summed E-state index contributed by atoms with van der Waals surface area (Å²) in [6, 6.07) is 57.8. The van der Waals surface area contributed by atoms with Gasteiger partial charge in [-0.2, -0.15) is 0 Å².